The molecular formula is C13H13ClN2O2. The molecule has 0 bridgehead atoms. The van der Waals surface area contributed by atoms with Crippen LogP contribution in [0.15, 0.2) is 40.8 Å². The summed E-state index contributed by atoms with van der Waals surface area (Å²) in [7, 11) is 0. The Balaban J connectivity index is 2.01. The van der Waals surface area contributed by atoms with Gasteiger partial charge in [-0.1, -0.05) is 24.3 Å². The lowest BCUT2D eigenvalue weighted by molar-refractivity contribution is 0.0923. The van der Waals surface area contributed by atoms with Gasteiger partial charge in [0.2, 0.25) is 0 Å². The number of nitrogens with one attached hydrogen (secondary N) is 1. The predicted molar refractivity (Wildman–Crippen MR) is 69.2 cm³/mol. The van der Waals surface area contributed by atoms with Crippen LogP contribution in [0.3, 0.4) is 0 Å². The van der Waals surface area contributed by atoms with Crippen molar-refractivity contribution in [2.45, 2.75) is 13.1 Å². The highest BCUT2D eigenvalue weighted by atomic mass is 35.5. The van der Waals surface area contributed by atoms with E-state index < -0.39 is 0 Å². The van der Waals surface area contributed by atoms with Crippen LogP contribution in [0.25, 0.3) is 0 Å². The molecule has 0 atom stereocenters. The average Bonchev–Trinajstić information content (AvgIpc) is 2.83. The van der Waals surface area contributed by atoms with Crippen molar-refractivity contribution in [2.24, 2.45) is 5.73 Å². The van der Waals surface area contributed by atoms with E-state index in [-0.39, 0.29) is 16.9 Å². The smallest absolute Gasteiger partial charge is 0.287 e. The molecule has 0 fully saturated rings. The topological polar surface area (TPSA) is 68.3 Å². The Labute approximate surface area is 110 Å². The van der Waals surface area contributed by atoms with Crippen molar-refractivity contribution < 1.29 is 9.21 Å². The quantitative estimate of drug-likeness (QED) is 0.890. The van der Waals surface area contributed by atoms with E-state index in [1.807, 2.05) is 24.3 Å². The third kappa shape index (κ3) is 2.91. The molecule has 3 N–H and O–H groups in total. The van der Waals surface area contributed by atoms with Crippen LogP contribution in [0.1, 0.15) is 21.7 Å². The van der Waals surface area contributed by atoms with E-state index >= 15 is 0 Å². The van der Waals surface area contributed by atoms with Gasteiger partial charge in [-0.2, -0.15) is 0 Å². The molecule has 2 aromatic rings. The van der Waals surface area contributed by atoms with Gasteiger partial charge < -0.3 is 15.5 Å². The number of nitrogens with two attached hydrogens (primary N) is 1. The molecular weight excluding hydrogens is 252 g/mol. The minimum Gasteiger partial charge on any atom is -0.440 e. The number of carbonyl (C=O) groups excluding carboxylic acids is 1. The molecule has 0 saturated heterocycles. The standard InChI is InChI=1S/C13H13ClN2O2/c14-12-6-5-11(18-12)13(17)16-8-10-4-2-1-3-9(10)7-15/h1-6H,7-8,15H2,(H,16,17). The maximum Gasteiger partial charge on any atom is 0.287 e. The number of halogens is 1. The van der Waals surface area contributed by atoms with Crippen LogP contribution < -0.4 is 11.1 Å². The monoisotopic (exact) mass is 264 g/mol. The SMILES string of the molecule is NCc1ccccc1CNC(=O)c1ccc(Cl)o1. The first kappa shape index (κ1) is 12.7. The van der Waals surface area contributed by atoms with E-state index in [1.54, 1.807) is 0 Å². The summed E-state index contributed by atoms with van der Waals surface area (Å²) in [6.07, 6.45) is 0. The van der Waals surface area contributed by atoms with E-state index in [4.69, 9.17) is 21.8 Å². The number of carbonyl (C=O) groups is 1. The van der Waals surface area contributed by atoms with Gasteiger partial charge in [0.25, 0.3) is 5.91 Å². The molecule has 0 spiro atoms. The fraction of sp³-hybridized carbons (Fsp3) is 0.154. The Bertz CT molecular complexity index is 551. The van der Waals surface area contributed by atoms with Gasteiger partial charge in [0.15, 0.2) is 11.0 Å². The minimum absolute atomic E-state index is 0.197. The molecule has 1 amide bonds. The Morgan fingerprint density at radius 2 is 1.94 bits per heavy atom. The summed E-state index contributed by atoms with van der Waals surface area (Å²) in [6, 6.07) is 10.8. The van der Waals surface area contributed by atoms with Crippen molar-refractivity contribution >= 4 is 17.5 Å². The normalized spacial score (nSPS) is 10.3. The summed E-state index contributed by atoms with van der Waals surface area (Å²) >= 11 is 5.61. The van der Waals surface area contributed by atoms with Gasteiger partial charge in [-0.25, -0.2) is 0 Å². The second-order valence-corrected chi connectivity index (χ2v) is 4.13. The summed E-state index contributed by atoms with van der Waals surface area (Å²) in [5, 5.41) is 2.95. The Hall–Kier alpha value is -1.78. The first-order valence-corrected chi connectivity index (χ1v) is 5.89. The van der Waals surface area contributed by atoms with Crippen molar-refractivity contribution in [3.63, 3.8) is 0 Å². The van der Waals surface area contributed by atoms with E-state index in [0.29, 0.717) is 13.1 Å². The molecule has 0 radical (unpaired) electrons. The molecule has 1 aromatic carbocycles. The Morgan fingerprint density at radius 1 is 1.22 bits per heavy atom. The van der Waals surface area contributed by atoms with Crippen molar-refractivity contribution in [1.29, 1.82) is 0 Å². The number of hydrogen-bond donors (Lipinski definition) is 2. The van der Waals surface area contributed by atoms with Crippen LogP contribution in [-0.2, 0) is 13.1 Å². The second kappa shape index (κ2) is 5.71. The highest BCUT2D eigenvalue weighted by Crippen LogP contribution is 2.13. The lowest BCUT2D eigenvalue weighted by Gasteiger charge is -2.08. The number of furan rings is 1. The first-order chi connectivity index (χ1) is 8.70. The highest BCUT2D eigenvalue weighted by Gasteiger charge is 2.10. The summed E-state index contributed by atoms with van der Waals surface area (Å²) in [6.45, 7) is 0.850. The van der Waals surface area contributed by atoms with E-state index in [2.05, 4.69) is 5.32 Å². The predicted octanol–water partition coefficient (Wildman–Crippen LogP) is 2.32. The van der Waals surface area contributed by atoms with Crippen LogP contribution >= 0.6 is 11.6 Å². The van der Waals surface area contributed by atoms with Gasteiger partial charge in [0, 0.05) is 13.1 Å². The zero-order chi connectivity index (χ0) is 13.0. The van der Waals surface area contributed by atoms with E-state index in [1.165, 1.54) is 12.1 Å². The molecule has 0 aliphatic carbocycles. The summed E-state index contributed by atoms with van der Waals surface area (Å²) in [5.41, 5.74) is 7.62. The van der Waals surface area contributed by atoms with E-state index in [9.17, 15) is 4.79 Å². The van der Waals surface area contributed by atoms with Crippen molar-refractivity contribution in [3.05, 3.63) is 58.5 Å². The average molecular weight is 265 g/mol. The number of amides is 1. The summed E-state index contributed by atoms with van der Waals surface area (Å²) in [5.74, 6) is -0.0982. The lowest BCUT2D eigenvalue weighted by atomic mass is 10.1. The first-order valence-electron chi connectivity index (χ1n) is 5.51. The summed E-state index contributed by atoms with van der Waals surface area (Å²) in [4.78, 5) is 11.7. The van der Waals surface area contributed by atoms with Crippen LogP contribution in [0.4, 0.5) is 0 Å². The van der Waals surface area contributed by atoms with Crippen molar-refractivity contribution in [1.82, 2.24) is 5.32 Å². The maximum atomic E-state index is 11.7. The Morgan fingerprint density at radius 3 is 2.56 bits per heavy atom. The molecule has 1 heterocycles. The molecule has 0 aliphatic heterocycles. The molecule has 0 saturated carbocycles. The van der Waals surface area contributed by atoms with Gasteiger partial charge in [-0.15, -0.1) is 0 Å². The zero-order valence-corrected chi connectivity index (χ0v) is 10.4. The highest BCUT2D eigenvalue weighted by molar-refractivity contribution is 6.29. The molecule has 18 heavy (non-hydrogen) atoms. The molecule has 4 nitrogen and oxygen atoms in total. The van der Waals surface area contributed by atoms with E-state index in [0.717, 1.165) is 11.1 Å². The van der Waals surface area contributed by atoms with Gasteiger partial charge in [0.05, 0.1) is 0 Å². The lowest BCUT2D eigenvalue weighted by Crippen LogP contribution is -2.23. The molecule has 0 unspecified atom stereocenters. The molecule has 1 aromatic heterocycles. The van der Waals surface area contributed by atoms with Gasteiger partial charge in [-0.05, 0) is 34.9 Å². The molecule has 94 valence electrons. The van der Waals surface area contributed by atoms with Crippen LogP contribution in [-0.4, -0.2) is 5.91 Å². The third-order valence-electron chi connectivity index (χ3n) is 2.57. The van der Waals surface area contributed by atoms with Crippen LogP contribution in [0.2, 0.25) is 5.22 Å². The summed E-state index contributed by atoms with van der Waals surface area (Å²) < 4.78 is 5.02. The zero-order valence-electron chi connectivity index (χ0n) is 9.65. The Kier molecular flexibility index (Phi) is 4.02. The fourth-order valence-corrected chi connectivity index (χ4v) is 1.77. The third-order valence-corrected chi connectivity index (χ3v) is 2.78. The number of rotatable bonds is 4. The van der Waals surface area contributed by atoms with Gasteiger partial charge in [-0.3, -0.25) is 4.79 Å². The van der Waals surface area contributed by atoms with Crippen molar-refractivity contribution in [3.8, 4) is 0 Å². The van der Waals surface area contributed by atoms with Gasteiger partial charge >= 0.3 is 0 Å². The molecule has 5 heteroatoms. The fourth-order valence-electron chi connectivity index (χ4n) is 1.63. The number of hydrogen-bond acceptors (Lipinski definition) is 3. The maximum absolute atomic E-state index is 11.7. The number of benzene rings is 1. The molecule has 0 aliphatic rings. The van der Waals surface area contributed by atoms with Crippen LogP contribution in [0.5, 0.6) is 0 Å². The second-order valence-electron chi connectivity index (χ2n) is 3.76. The van der Waals surface area contributed by atoms with Gasteiger partial charge in [0.1, 0.15) is 0 Å². The molecule has 2 rings (SSSR count). The minimum atomic E-state index is -0.297. The largest absolute Gasteiger partial charge is 0.440 e. The van der Waals surface area contributed by atoms with Crippen molar-refractivity contribution in [2.75, 3.05) is 0 Å². The van der Waals surface area contributed by atoms with Crippen LogP contribution in [0, 0.1) is 0 Å².